The fourth-order valence-electron chi connectivity index (χ4n) is 1.45. The average Bonchev–Trinajstić information content (AvgIpc) is 1.79. The standard InChI is InChI=1S/C9H15Cl/c1-7-4-5-9(3,10)6-8(7)2/h4-6H2,1-3H3. The van der Waals surface area contributed by atoms with Crippen molar-refractivity contribution in [1.82, 2.24) is 0 Å². The van der Waals surface area contributed by atoms with E-state index in [-0.39, 0.29) is 4.87 Å². The molecule has 0 aromatic rings. The van der Waals surface area contributed by atoms with Crippen LogP contribution in [-0.4, -0.2) is 4.87 Å². The topological polar surface area (TPSA) is 0 Å². The molecule has 0 heterocycles. The van der Waals surface area contributed by atoms with Crippen molar-refractivity contribution in [2.45, 2.75) is 44.9 Å². The highest BCUT2D eigenvalue weighted by Gasteiger charge is 2.25. The summed E-state index contributed by atoms with van der Waals surface area (Å²) >= 11 is 6.20. The van der Waals surface area contributed by atoms with E-state index in [0.29, 0.717) is 0 Å². The molecule has 1 aliphatic rings. The molecule has 0 fully saturated rings. The summed E-state index contributed by atoms with van der Waals surface area (Å²) in [5.74, 6) is 0. The molecule has 0 saturated heterocycles. The van der Waals surface area contributed by atoms with E-state index in [1.807, 2.05) is 0 Å². The van der Waals surface area contributed by atoms with E-state index in [2.05, 4.69) is 20.8 Å². The molecule has 0 aliphatic heterocycles. The first-order chi connectivity index (χ1) is 4.51. The molecule has 10 heavy (non-hydrogen) atoms. The summed E-state index contributed by atoms with van der Waals surface area (Å²) in [4.78, 5) is 0.0452. The minimum absolute atomic E-state index is 0.0452. The molecule has 0 aromatic carbocycles. The van der Waals surface area contributed by atoms with Gasteiger partial charge in [0, 0.05) is 4.87 Å². The number of allylic oxidation sites excluding steroid dienone is 2. The van der Waals surface area contributed by atoms with Crippen molar-refractivity contribution in [1.29, 1.82) is 0 Å². The Morgan fingerprint density at radius 3 is 2.30 bits per heavy atom. The van der Waals surface area contributed by atoms with Gasteiger partial charge in [-0.3, -0.25) is 0 Å². The number of halogens is 1. The SMILES string of the molecule is CC1=C(C)CC(C)(Cl)CC1. The predicted octanol–water partition coefficient (Wildman–Crippen LogP) is 3.50. The normalized spacial score (nSPS) is 34.8. The Balaban J connectivity index is 2.72. The fraction of sp³-hybridized carbons (Fsp3) is 0.778. The third kappa shape index (κ3) is 1.76. The van der Waals surface area contributed by atoms with E-state index in [4.69, 9.17) is 11.6 Å². The molecule has 0 radical (unpaired) electrons. The summed E-state index contributed by atoms with van der Waals surface area (Å²) in [5, 5.41) is 0. The summed E-state index contributed by atoms with van der Waals surface area (Å²) in [6, 6.07) is 0. The fourth-order valence-corrected chi connectivity index (χ4v) is 1.75. The zero-order valence-corrected chi connectivity index (χ0v) is 7.76. The maximum Gasteiger partial charge on any atom is 0.0458 e. The van der Waals surface area contributed by atoms with Crippen LogP contribution in [0.1, 0.15) is 40.0 Å². The Hall–Kier alpha value is 0.0300. The molecular formula is C9H15Cl. The molecule has 1 unspecified atom stereocenters. The first kappa shape index (κ1) is 8.13. The second kappa shape index (κ2) is 2.58. The van der Waals surface area contributed by atoms with E-state index in [1.165, 1.54) is 17.6 Å². The Bertz CT molecular complexity index is 166. The van der Waals surface area contributed by atoms with Gasteiger partial charge in [0.05, 0.1) is 0 Å². The van der Waals surface area contributed by atoms with Crippen LogP contribution in [0.15, 0.2) is 11.1 Å². The molecule has 0 aromatic heterocycles. The lowest BCUT2D eigenvalue weighted by Gasteiger charge is -2.28. The van der Waals surface area contributed by atoms with Gasteiger partial charge < -0.3 is 0 Å². The summed E-state index contributed by atoms with van der Waals surface area (Å²) in [6.07, 6.45) is 3.39. The van der Waals surface area contributed by atoms with Gasteiger partial charge in [-0.2, -0.15) is 0 Å². The van der Waals surface area contributed by atoms with E-state index >= 15 is 0 Å². The summed E-state index contributed by atoms with van der Waals surface area (Å²) in [7, 11) is 0. The zero-order valence-electron chi connectivity index (χ0n) is 7.00. The number of hydrogen-bond donors (Lipinski definition) is 0. The van der Waals surface area contributed by atoms with Crippen molar-refractivity contribution >= 4 is 11.6 Å². The van der Waals surface area contributed by atoms with Gasteiger partial charge >= 0.3 is 0 Å². The van der Waals surface area contributed by atoms with E-state index in [1.54, 1.807) is 0 Å². The molecule has 0 bridgehead atoms. The average molecular weight is 159 g/mol. The third-order valence-corrected chi connectivity index (χ3v) is 2.71. The van der Waals surface area contributed by atoms with Crippen LogP contribution in [-0.2, 0) is 0 Å². The number of alkyl halides is 1. The van der Waals surface area contributed by atoms with Gasteiger partial charge in [-0.05, 0) is 40.0 Å². The van der Waals surface area contributed by atoms with Gasteiger partial charge in [0.1, 0.15) is 0 Å². The lowest BCUT2D eigenvalue weighted by Crippen LogP contribution is -2.20. The largest absolute Gasteiger partial charge is 0.119 e. The highest BCUT2D eigenvalue weighted by Crippen LogP contribution is 2.36. The van der Waals surface area contributed by atoms with Crippen molar-refractivity contribution in [2.24, 2.45) is 0 Å². The van der Waals surface area contributed by atoms with Crippen LogP contribution in [0, 0.1) is 0 Å². The lowest BCUT2D eigenvalue weighted by atomic mass is 9.86. The van der Waals surface area contributed by atoms with Crippen molar-refractivity contribution in [2.75, 3.05) is 0 Å². The van der Waals surface area contributed by atoms with Crippen LogP contribution in [0.2, 0.25) is 0 Å². The number of hydrogen-bond acceptors (Lipinski definition) is 0. The smallest absolute Gasteiger partial charge is 0.0458 e. The van der Waals surface area contributed by atoms with Crippen molar-refractivity contribution < 1.29 is 0 Å². The van der Waals surface area contributed by atoms with Crippen LogP contribution >= 0.6 is 11.6 Å². The summed E-state index contributed by atoms with van der Waals surface area (Å²) in [6.45, 7) is 6.53. The molecule has 0 nitrogen and oxygen atoms in total. The van der Waals surface area contributed by atoms with Gasteiger partial charge in [0.25, 0.3) is 0 Å². The Morgan fingerprint density at radius 1 is 1.30 bits per heavy atom. The lowest BCUT2D eigenvalue weighted by molar-refractivity contribution is 0.533. The first-order valence-corrected chi connectivity index (χ1v) is 4.23. The van der Waals surface area contributed by atoms with Gasteiger partial charge in [0.15, 0.2) is 0 Å². The Morgan fingerprint density at radius 2 is 1.90 bits per heavy atom. The van der Waals surface area contributed by atoms with Crippen molar-refractivity contribution in [3.05, 3.63) is 11.1 Å². The molecule has 1 rings (SSSR count). The molecule has 58 valence electrons. The first-order valence-electron chi connectivity index (χ1n) is 3.85. The second-order valence-corrected chi connectivity index (χ2v) is 4.56. The zero-order chi connectivity index (χ0) is 7.78. The van der Waals surface area contributed by atoms with Crippen LogP contribution in [0.5, 0.6) is 0 Å². The Kier molecular flexibility index (Phi) is 2.10. The highest BCUT2D eigenvalue weighted by molar-refractivity contribution is 6.23. The van der Waals surface area contributed by atoms with Gasteiger partial charge in [0.2, 0.25) is 0 Å². The predicted molar refractivity (Wildman–Crippen MR) is 46.5 cm³/mol. The number of rotatable bonds is 0. The third-order valence-electron chi connectivity index (χ3n) is 2.38. The molecule has 1 heteroatoms. The van der Waals surface area contributed by atoms with Crippen LogP contribution in [0.25, 0.3) is 0 Å². The molecule has 0 spiro atoms. The summed E-state index contributed by atoms with van der Waals surface area (Å²) < 4.78 is 0. The van der Waals surface area contributed by atoms with Crippen LogP contribution in [0.3, 0.4) is 0 Å². The second-order valence-electron chi connectivity index (χ2n) is 3.65. The van der Waals surface area contributed by atoms with E-state index in [9.17, 15) is 0 Å². The minimum Gasteiger partial charge on any atom is -0.119 e. The maximum absolute atomic E-state index is 6.20. The highest BCUT2D eigenvalue weighted by atomic mass is 35.5. The van der Waals surface area contributed by atoms with Crippen LogP contribution in [0.4, 0.5) is 0 Å². The van der Waals surface area contributed by atoms with Gasteiger partial charge in [-0.1, -0.05) is 11.1 Å². The van der Waals surface area contributed by atoms with E-state index < -0.39 is 0 Å². The minimum atomic E-state index is 0.0452. The van der Waals surface area contributed by atoms with Gasteiger partial charge in [-0.25, -0.2) is 0 Å². The molecular weight excluding hydrogens is 144 g/mol. The molecule has 0 amide bonds. The Labute approximate surface area is 68.3 Å². The van der Waals surface area contributed by atoms with Crippen molar-refractivity contribution in [3.63, 3.8) is 0 Å². The summed E-state index contributed by atoms with van der Waals surface area (Å²) in [5.41, 5.74) is 3.03. The van der Waals surface area contributed by atoms with Crippen molar-refractivity contribution in [3.8, 4) is 0 Å². The molecule has 0 N–H and O–H groups in total. The maximum atomic E-state index is 6.20. The van der Waals surface area contributed by atoms with Gasteiger partial charge in [-0.15, -0.1) is 11.6 Å². The quantitative estimate of drug-likeness (QED) is 0.374. The monoisotopic (exact) mass is 158 g/mol. The molecule has 0 saturated carbocycles. The van der Waals surface area contributed by atoms with E-state index in [0.717, 1.165) is 12.8 Å². The molecule has 1 atom stereocenters. The van der Waals surface area contributed by atoms with Crippen LogP contribution < -0.4 is 0 Å². The molecule has 1 aliphatic carbocycles.